The van der Waals surface area contributed by atoms with Gasteiger partial charge < -0.3 is 24.8 Å². The van der Waals surface area contributed by atoms with Crippen LogP contribution in [0.3, 0.4) is 0 Å². The summed E-state index contributed by atoms with van der Waals surface area (Å²) in [4.78, 5) is 27.6. The van der Waals surface area contributed by atoms with Crippen molar-refractivity contribution in [2.75, 3.05) is 53.6 Å². The van der Waals surface area contributed by atoms with Crippen molar-refractivity contribution in [2.45, 2.75) is 13.3 Å². The first kappa shape index (κ1) is 19.3. The average Bonchev–Trinajstić information content (AvgIpc) is 2.44. The predicted octanol–water partition coefficient (Wildman–Crippen LogP) is -0.409. The van der Waals surface area contributed by atoms with Crippen LogP contribution in [0.15, 0.2) is 4.99 Å². The Labute approximate surface area is 125 Å². The number of aliphatic imine (C=N–C) groups is 1. The Bertz CT molecular complexity index is 347. The summed E-state index contributed by atoms with van der Waals surface area (Å²) in [5, 5.41) is 11.0. The largest absolute Gasteiger partial charge is 0.480 e. The van der Waals surface area contributed by atoms with E-state index >= 15 is 0 Å². The molecule has 8 nitrogen and oxygen atoms in total. The first-order valence-corrected chi connectivity index (χ1v) is 6.82. The summed E-state index contributed by atoms with van der Waals surface area (Å²) >= 11 is 0. The zero-order chi connectivity index (χ0) is 16.1. The van der Waals surface area contributed by atoms with E-state index in [1.54, 1.807) is 7.05 Å². The van der Waals surface area contributed by atoms with Crippen LogP contribution in [0.25, 0.3) is 0 Å². The number of hydrogen-bond donors (Lipinski definition) is 2. The van der Waals surface area contributed by atoms with E-state index < -0.39 is 12.6 Å². The van der Waals surface area contributed by atoms with Crippen LogP contribution in [-0.2, 0) is 19.1 Å². The molecule has 0 aromatic heterocycles. The van der Waals surface area contributed by atoms with Gasteiger partial charge >= 0.3 is 5.97 Å². The maximum absolute atomic E-state index is 11.3. The molecule has 0 rings (SSSR count). The molecule has 0 unspecified atom stereocenters. The Balaban J connectivity index is 3.73. The van der Waals surface area contributed by atoms with Crippen LogP contribution in [0.1, 0.15) is 13.3 Å². The lowest BCUT2D eigenvalue weighted by molar-refractivity contribution is -0.143. The molecule has 0 atom stereocenters. The van der Waals surface area contributed by atoms with Gasteiger partial charge in [0.1, 0.15) is 25.7 Å². The van der Waals surface area contributed by atoms with Crippen molar-refractivity contribution in [1.29, 1.82) is 0 Å². The summed E-state index contributed by atoms with van der Waals surface area (Å²) < 4.78 is 9.99. The smallest absolute Gasteiger partial charge is 0.329 e. The van der Waals surface area contributed by atoms with Crippen molar-refractivity contribution in [3.05, 3.63) is 0 Å². The lowest BCUT2D eigenvalue weighted by Gasteiger charge is -2.21. The number of nitrogens with one attached hydrogen (secondary N) is 1. The van der Waals surface area contributed by atoms with E-state index in [2.05, 4.69) is 15.0 Å². The number of amides is 1. The molecule has 0 saturated carbocycles. The third kappa shape index (κ3) is 10.7. The quantitative estimate of drug-likeness (QED) is 0.306. The predicted molar refractivity (Wildman–Crippen MR) is 78.6 cm³/mol. The summed E-state index contributed by atoms with van der Waals surface area (Å²) in [7, 11) is 3.63. The first-order chi connectivity index (χ1) is 10.0. The summed E-state index contributed by atoms with van der Waals surface area (Å²) in [5.41, 5.74) is 0. The average molecular weight is 303 g/mol. The van der Waals surface area contributed by atoms with Gasteiger partial charge in [0.15, 0.2) is 0 Å². The Morgan fingerprint density at radius 3 is 2.52 bits per heavy atom. The second-order valence-electron chi connectivity index (χ2n) is 4.29. The zero-order valence-electron chi connectivity index (χ0n) is 12.9. The van der Waals surface area contributed by atoms with Crippen molar-refractivity contribution in [2.24, 2.45) is 4.99 Å². The molecule has 8 heteroatoms. The normalized spacial score (nSPS) is 11.3. The van der Waals surface area contributed by atoms with Crippen LogP contribution >= 0.6 is 0 Å². The number of likely N-dealkylation sites (N-methyl/N-ethyl adjacent to an activating group) is 1. The number of amidine groups is 1. The van der Waals surface area contributed by atoms with Gasteiger partial charge in [0.2, 0.25) is 5.91 Å². The molecule has 21 heavy (non-hydrogen) atoms. The van der Waals surface area contributed by atoms with E-state index in [-0.39, 0.29) is 12.5 Å². The van der Waals surface area contributed by atoms with Gasteiger partial charge in [0.25, 0.3) is 0 Å². The minimum Gasteiger partial charge on any atom is -0.480 e. The van der Waals surface area contributed by atoms with Crippen LogP contribution < -0.4 is 5.32 Å². The molecule has 0 spiro atoms. The van der Waals surface area contributed by atoms with Crippen LogP contribution in [0.2, 0.25) is 0 Å². The Hall–Kier alpha value is -1.67. The zero-order valence-corrected chi connectivity index (χ0v) is 12.9. The van der Waals surface area contributed by atoms with Crippen molar-refractivity contribution in [3.8, 4) is 0 Å². The van der Waals surface area contributed by atoms with E-state index in [4.69, 9.17) is 9.84 Å². The Morgan fingerprint density at radius 2 is 1.95 bits per heavy atom. The molecular weight excluding hydrogens is 278 g/mol. The molecule has 0 aromatic carbocycles. The molecule has 0 aliphatic heterocycles. The van der Waals surface area contributed by atoms with Gasteiger partial charge in [-0.25, -0.2) is 4.79 Å². The number of hydrogen-bond acceptors (Lipinski definition) is 5. The SMILES string of the molecule is CCOC/C(=N/C)N(C)CCCNC(=O)COCC(=O)O. The number of nitrogens with zero attached hydrogens (tertiary/aromatic N) is 2. The second-order valence-corrected chi connectivity index (χ2v) is 4.29. The van der Waals surface area contributed by atoms with Gasteiger partial charge in [-0.05, 0) is 13.3 Å². The molecule has 0 radical (unpaired) electrons. The number of ether oxygens (including phenoxy) is 2. The molecule has 1 amide bonds. The van der Waals surface area contributed by atoms with E-state index in [0.29, 0.717) is 19.8 Å². The molecule has 0 aliphatic carbocycles. The van der Waals surface area contributed by atoms with Gasteiger partial charge in [-0.15, -0.1) is 0 Å². The minimum absolute atomic E-state index is 0.242. The van der Waals surface area contributed by atoms with Crippen molar-refractivity contribution >= 4 is 17.7 Å². The van der Waals surface area contributed by atoms with E-state index in [1.165, 1.54) is 0 Å². The van der Waals surface area contributed by atoms with E-state index in [9.17, 15) is 9.59 Å². The Morgan fingerprint density at radius 1 is 1.24 bits per heavy atom. The molecule has 2 N–H and O–H groups in total. The van der Waals surface area contributed by atoms with Gasteiger partial charge in [0.05, 0.1) is 0 Å². The highest BCUT2D eigenvalue weighted by atomic mass is 16.5. The van der Waals surface area contributed by atoms with Crippen LogP contribution in [0.5, 0.6) is 0 Å². The molecule has 0 fully saturated rings. The highest BCUT2D eigenvalue weighted by Gasteiger charge is 2.06. The molecular formula is C13H25N3O5. The molecule has 0 bridgehead atoms. The number of carboxylic acids is 1. The highest BCUT2D eigenvalue weighted by molar-refractivity contribution is 5.83. The molecule has 0 saturated heterocycles. The number of carbonyl (C=O) groups excluding carboxylic acids is 1. The lowest BCUT2D eigenvalue weighted by Crippen LogP contribution is -2.35. The highest BCUT2D eigenvalue weighted by Crippen LogP contribution is 1.92. The Kier molecular flexibility index (Phi) is 11.1. The number of rotatable bonds is 11. The standard InChI is InChI=1S/C13H25N3O5/c1-4-20-8-11(14-2)16(3)7-5-6-15-12(17)9-21-10-13(18)19/h4-10H2,1-3H3,(H,15,17)(H,18,19)/b14-11-. The fourth-order valence-electron chi connectivity index (χ4n) is 1.49. The van der Waals surface area contributed by atoms with E-state index in [1.807, 2.05) is 18.9 Å². The maximum atomic E-state index is 11.3. The summed E-state index contributed by atoms with van der Waals surface area (Å²) in [6.45, 7) is 3.55. The second kappa shape index (κ2) is 12.1. The summed E-state index contributed by atoms with van der Waals surface area (Å²) in [6, 6.07) is 0. The van der Waals surface area contributed by atoms with Crippen molar-refractivity contribution in [1.82, 2.24) is 10.2 Å². The summed E-state index contributed by atoms with van der Waals surface area (Å²) in [5.74, 6) is -0.560. The number of carboxylic acid groups (broad SMARTS) is 1. The third-order valence-electron chi connectivity index (χ3n) is 2.59. The van der Waals surface area contributed by atoms with Crippen LogP contribution in [-0.4, -0.2) is 81.3 Å². The topological polar surface area (TPSA) is 100 Å². The molecule has 0 aromatic rings. The van der Waals surface area contributed by atoms with Crippen LogP contribution in [0, 0.1) is 0 Å². The monoisotopic (exact) mass is 303 g/mol. The first-order valence-electron chi connectivity index (χ1n) is 6.82. The van der Waals surface area contributed by atoms with E-state index in [0.717, 1.165) is 18.8 Å². The van der Waals surface area contributed by atoms with Gasteiger partial charge in [0, 0.05) is 33.8 Å². The van der Waals surface area contributed by atoms with Gasteiger partial charge in [-0.3, -0.25) is 9.79 Å². The van der Waals surface area contributed by atoms with Crippen molar-refractivity contribution in [3.63, 3.8) is 0 Å². The fraction of sp³-hybridized carbons (Fsp3) is 0.769. The third-order valence-corrected chi connectivity index (χ3v) is 2.59. The fourth-order valence-corrected chi connectivity index (χ4v) is 1.49. The van der Waals surface area contributed by atoms with Gasteiger partial charge in [-0.1, -0.05) is 0 Å². The summed E-state index contributed by atoms with van der Waals surface area (Å²) in [6.07, 6.45) is 0.742. The molecule has 0 aliphatic rings. The maximum Gasteiger partial charge on any atom is 0.329 e. The lowest BCUT2D eigenvalue weighted by atomic mass is 10.3. The molecule has 122 valence electrons. The van der Waals surface area contributed by atoms with Crippen LogP contribution in [0.4, 0.5) is 0 Å². The van der Waals surface area contributed by atoms with Crippen molar-refractivity contribution < 1.29 is 24.2 Å². The number of carbonyl (C=O) groups is 2. The number of aliphatic carboxylic acids is 1. The van der Waals surface area contributed by atoms with Gasteiger partial charge in [-0.2, -0.15) is 0 Å². The minimum atomic E-state index is -1.09. The molecule has 0 heterocycles.